The van der Waals surface area contributed by atoms with Crippen molar-refractivity contribution in [3.8, 4) is 0 Å². The number of nitrogens with two attached hydrogens (primary N) is 1. The summed E-state index contributed by atoms with van der Waals surface area (Å²) in [6.07, 6.45) is 10.6. The number of hydrogen-bond donors (Lipinski definition) is 2. The zero-order chi connectivity index (χ0) is 14.1. The molecule has 0 fully saturated rings. The summed E-state index contributed by atoms with van der Waals surface area (Å²) in [5.41, 5.74) is 4.27. The van der Waals surface area contributed by atoms with E-state index in [4.69, 9.17) is 5.84 Å². The number of thiophene rings is 1. The Morgan fingerprint density at radius 1 is 1.21 bits per heavy atom. The molecule has 3 N–H and O–H groups in total. The molecule has 110 valence electrons. The molecule has 0 bridgehead atoms. The van der Waals surface area contributed by atoms with E-state index in [2.05, 4.69) is 41.3 Å². The minimum atomic E-state index is 0.311. The van der Waals surface area contributed by atoms with E-state index in [1.165, 1.54) is 59.2 Å². The Bertz CT molecular complexity index is 332. The van der Waals surface area contributed by atoms with Gasteiger partial charge < -0.3 is 0 Å². The molecule has 19 heavy (non-hydrogen) atoms. The second-order valence-corrected chi connectivity index (χ2v) is 7.64. The van der Waals surface area contributed by atoms with Crippen molar-refractivity contribution in [2.45, 2.75) is 71.3 Å². The Balaban J connectivity index is 2.22. The van der Waals surface area contributed by atoms with Crippen LogP contribution >= 0.6 is 27.3 Å². The highest BCUT2D eigenvalue weighted by molar-refractivity contribution is 9.11. The fourth-order valence-electron chi connectivity index (χ4n) is 2.27. The topological polar surface area (TPSA) is 38.0 Å². The Labute approximate surface area is 130 Å². The average molecular weight is 347 g/mol. The molecule has 0 aliphatic heterocycles. The van der Waals surface area contributed by atoms with Crippen molar-refractivity contribution in [3.63, 3.8) is 0 Å². The molecule has 1 unspecified atom stereocenters. The van der Waals surface area contributed by atoms with Crippen LogP contribution in [0, 0.1) is 6.92 Å². The maximum absolute atomic E-state index is 5.69. The normalized spacial score (nSPS) is 12.8. The van der Waals surface area contributed by atoms with Gasteiger partial charge in [0.1, 0.15) is 0 Å². The van der Waals surface area contributed by atoms with E-state index in [0.29, 0.717) is 6.04 Å². The zero-order valence-electron chi connectivity index (χ0n) is 12.2. The molecule has 0 aliphatic carbocycles. The van der Waals surface area contributed by atoms with Crippen molar-refractivity contribution in [1.82, 2.24) is 5.43 Å². The molecule has 0 amide bonds. The molecule has 0 aromatic carbocycles. The summed E-state index contributed by atoms with van der Waals surface area (Å²) in [7, 11) is 0. The molecule has 0 saturated carbocycles. The van der Waals surface area contributed by atoms with Gasteiger partial charge in [-0.1, -0.05) is 51.9 Å². The minimum absolute atomic E-state index is 0.311. The van der Waals surface area contributed by atoms with Crippen molar-refractivity contribution >= 4 is 27.3 Å². The molecule has 0 spiro atoms. The van der Waals surface area contributed by atoms with Gasteiger partial charge in [0.15, 0.2) is 0 Å². The summed E-state index contributed by atoms with van der Waals surface area (Å²) in [4.78, 5) is 1.35. The fraction of sp³-hybridized carbons (Fsp3) is 0.733. The van der Waals surface area contributed by atoms with E-state index in [-0.39, 0.29) is 0 Å². The van der Waals surface area contributed by atoms with E-state index in [1.54, 1.807) is 11.3 Å². The first-order valence-corrected chi connectivity index (χ1v) is 9.02. The summed E-state index contributed by atoms with van der Waals surface area (Å²) >= 11 is 5.38. The van der Waals surface area contributed by atoms with Crippen LogP contribution in [0.5, 0.6) is 0 Å². The van der Waals surface area contributed by atoms with Crippen LogP contribution in [-0.4, -0.2) is 0 Å². The maximum atomic E-state index is 5.69. The molecule has 0 radical (unpaired) electrons. The molecule has 2 nitrogen and oxygen atoms in total. The SMILES string of the molecule is CCCCCCCCCC(NN)c1cc(C)c(Br)s1. The molecule has 4 heteroatoms. The van der Waals surface area contributed by atoms with Crippen LogP contribution in [0.3, 0.4) is 0 Å². The number of hydrogen-bond acceptors (Lipinski definition) is 3. The Kier molecular flexibility index (Phi) is 8.95. The van der Waals surface area contributed by atoms with Crippen LogP contribution in [0.4, 0.5) is 0 Å². The third kappa shape index (κ3) is 6.39. The van der Waals surface area contributed by atoms with Gasteiger partial charge in [0.05, 0.1) is 9.83 Å². The maximum Gasteiger partial charge on any atom is 0.0731 e. The third-order valence-corrected chi connectivity index (χ3v) is 5.77. The lowest BCUT2D eigenvalue weighted by Crippen LogP contribution is -2.27. The van der Waals surface area contributed by atoms with Gasteiger partial charge in [0.2, 0.25) is 0 Å². The number of aryl methyl sites for hydroxylation is 1. The van der Waals surface area contributed by atoms with Crippen molar-refractivity contribution in [2.75, 3.05) is 0 Å². The van der Waals surface area contributed by atoms with Gasteiger partial charge >= 0.3 is 0 Å². The number of unbranched alkanes of at least 4 members (excludes halogenated alkanes) is 6. The first-order valence-electron chi connectivity index (χ1n) is 7.41. The number of halogens is 1. The molecule has 1 atom stereocenters. The number of rotatable bonds is 10. The predicted molar refractivity (Wildman–Crippen MR) is 89.4 cm³/mol. The second-order valence-electron chi connectivity index (χ2n) is 5.23. The molecule has 0 saturated heterocycles. The van der Waals surface area contributed by atoms with Gasteiger partial charge in [-0.3, -0.25) is 11.3 Å². The Hall–Kier alpha value is 0.1000. The highest BCUT2D eigenvalue weighted by Crippen LogP contribution is 2.33. The quantitative estimate of drug-likeness (QED) is 0.335. The van der Waals surface area contributed by atoms with Crippen molar-refractivity contribution in [1.29, 1.82) is 0 Å². The van der Waals surface area contributed by atoms with Crippen LogP contribution in [-0.2, 0) is 0 Å². The van der Waals surface area contributed by atoms with E-state index in [1.807, 2.05) is 0 Å². The van der Waals surface area contributed by atoms with E-state index in [9.17, 15) is 0 Å². The lowest BCUT2D eigenvalue weighted by Gasteiger charge is -2.13. The summed E-state index contributed by atoms with van der Waals surface area (Å²) in [5, 5.41) is 0. The average Bonchev–Trinajstić information content (AvgIpc) is 2.73. The van der Waals surface area contributed by atoms with Gasteiger partial charge in [0.25, 0.3) is 0 Å². The molecular formula is C15H27BrN2S. The Morgan fingerprint density at radius 2 is 1.84 bits per heavy atom. The van der Waals surface area contributed by atoms with Crippen molar-refractivity contribution < 1.29 is 0 Å². The standard InChI is InChI=1S/C15H27BrN2S/c1-3-4-5-6-7-8-9-10-13(18-17)14-11-12(2)15(16)19-14/h11,13,18H,3-10,17H2,1-2H3. The van der Waals surface area contributed by atoms with Gasteiger partial charge in [0, 0.05) is 4.88 Å². The lowest BCUT2D eigenvalue weighted by atomic mass is 10.0. The van der Waals surface area contributed by atoms with E-state index >= 15 is 0 Å². The van der Waals surface area contributed by atoms with E-state index in [0.717, 1.165) is 6.42 Å². The van der Waals surface area contributed by atoms with Gasteiger partial charge in [-0.05, 0) is 40.9 Å². The van der Waals surface area contributed by atoms with Gasteiger partial charge in [-0.2, -0.15) is 0 Å². The number of hydrazine groups is 1. The monoisotopic (exact) mass is 346 g/mol. The molecule has 1 rings (SSSR count). The second kappa shape index (κ2) is 9.92. The fourth-order valence-corrected chi connectivity index (χ4v) is 3.93. The van der Waals surface area contributed by atoms with Crippen LogP contribution in [0.25, 0.3) is 0 Å². The molecule has 1 heterocycles. The largest absolute Gasteiger partial charge is 0.271 e. The molecular weight excluding hydrogens is 320 g/mol. The minimum Gasteiger partial charge on any atom is -0.271 e. The summed E-state index contributed by atoms with van der Waals surface area (Å²) < 4.78 is 1.22. The third-order valence-electron chi connectivity index (χ3n) is 3.52. The van der Waals surface area contributed by atoms with E-state index < -0.39 is 0 Å². The highest BCUT2D eigenvalue weighted by Gasteiger charge is 2.13. The van der Waals surface area contributed by atoms with Crippen LogP contribution in [0.2, 0.25) is 0 Å². The highest BCUT2D eigenvalue weighted by atomic mass is 79.9. The first kappa shape index (κ1) is 17.2. The summed E-state index contributed by atoms with van der Waals surface area (Å²) in [5.74, 6) is 5.69. The van der Waals surface area contributed by atoms with Crippen LogP contribution < -0.4 is 11.3 Å². The lowest BCUT2D eigenvalue weighted by molar-refractivity contribution is 0.481. The molecule has 1 aromatic rings. The van der Waals surface area contributed by atoms with Crippen molar-refractivity contribution in [2.24, 2.45) is 5.84 Å². The van der Waals surface area contributed by atoms with Crippen molar-refractivity contribution in [3.05, 3.63) is 20.3 Å². The Morgan fingerprint density at radius 3 is 2.37 bits per heavy atom. The molecule has 0 aliphatic rings. The summed E-state index contributed by atoms with van der Waals surface area (Å²) in [6, 6.07) is 2.55. The predicted octanol–water partition coefficient (Wildman–Crippen LogP) is 5.46. The zero-order valence-corrected chi connectivity index (χ0v) is 14.6. The number of nitrogens with one attached hydrogen (secondary N) is 1. The van der Waals surface area contributed by atoms with Gasteiger partial charge in [-0.25, -0.2) is 0 Å². The first-order chi connectivity index (χ1) is 9.19. The van der Waals surface area contributed by atoms with Gasteiger partial charge in [-0.15, -0.1) is 11.3 Å². The van der Waals surface area contributed by atoms with Crippen LogP contribution in [0.15, 0.2) is 9.85 Å². The molecule has 1 aromatic heterocycles. The smallest absolute Gasteiger partial charge is 0.0731 e. The van der Waals surface area contributed by atoms with Crippen LogP contribution in [0.1, 0.15) is 74.8 Å². The summed E-state index contributed by atoms with van der Waals surface area (Å²) in [6.45, 7) is 4.39.